The van der Waals surface area contributed by atoms with Crippen LogP contribution in [0.15, 0.2) is 29.2 Å². The summed E-state index contributed by atoms with van der Waals surface area (Å²) in [5, 5.41) is 9.63. The molecule has 1 atom stereocenters. The van der Waals surface area contributed by atoms with Gasteiger partial charge in [-0.3, -0.25) is 4.79 Å². The van der Waals surface area contributed by atoms with Gasteiger partial charge in [0.05, 0.1) is 11.9 Å². The Morgan fingerprint density at radius 2 is 2.00 bits per heavy atom. The second-order valence-corrected chi connectivity index (χ2v) is 6.11. The lowest BCUT2D eigenvalue weighted by atomic mass is 10.1. The summed E-state index contributed by atoms with van der Waals surface area (Å²) < 4.78 is 5.24. The Morgan fingerprint density at radius 1 is 1.39 bits per heavy atom. The van der Waals surface area contributed by atoms with E-state index in [1.54, 1.807) is 6.92 Å². The maximum atomic E-state index is 11.6. The predicted octanol–water partition coefficient (Wildman–Crippen LogP) is 3.17. The van der Waals surface area contributed by atoms with E-state index < -0.39 is 11.7 Å². The van der Waals surface area contributed by atoms with Crippen LogP contribution in [0.3, 0.4) is 0 Å². The molecule has 0 heterocycles. The number of rotatable bonds is 4. The number of esters is 1. The lowest BCUT2D eigenvalue weighted by Gasteiger charge is -2.19. The van der Waals surface area contributed by atoms with E-state index in [1.807, 2.05) is 45.0 Å². The van der Waals surface area contributed by atoms with Crippen molar-refractivity contribution in [3.05, 3.63) is 29.8 Å². The highest BCUT2D eigenvalue weighted by Gasteiger charge is 2.17. The highest BCUT2D eigenvalue weighted by atomic mass is 32.2. The van der Waals surface area contributed by atoms with Crippen LogP contribution >= 0.6 is 11.8 Å². The van der Waals surface area contributed by atoms with Gasteiger partial charge in [-0.05, 0) is 39.3 Å². The van der Waals surface area contributed by atoms with Crippen LogP contribution in [0.25, 0.3) is 0 Å². The van der Waals surface area contributed by atoms with E-state index in [2.05, 4.69) is 0 Å². The molecule has 0 fully saturated rings. The van der Waals surface area contributed by atoms with Crippen LogP contribution < -0.4 is 0 Å². The van der Waals surface area contributed by atoms with Gasteiger partial charge < -0.3 is 9.84 Å². The highest BCUT2D eigenvalue weighted by Crippen LogP contribution is 2.27. The van der Waals surface area contributed by atoms with Crippen LogP contribution in [-0.4, -0.2) is 22.4 Å². The first kappa shape index (κ1) is 15.1. The molecule has 0 unspecified atom stereocenters. The van der Waals surface area contributed by atoms with Gasteiger partial charge >= 0.3 is 5.97 Å². The number of aliphatic hydroxyl groups excluding tert-OH is 1. The van der Waals surface area contributed by atoms with Gasteiger partial charge in [-0.25, -0.2) is 0 Å². The SMILES string of the molecule is C[C@H](O)c1ccccc1SCC(=O)OC(C)(C)C. The fourth-order valence-corrected chi connectivity index (χ4v) is 2.38. The van der Waals surface area contributed by atoms with Crippen LogP contribution in [0.1, 0.15) is 39.4 Å². The van der Waals surface area contributed by atoms with E-state index in [1.165, 1.54) is 11.8 Å². The van der Waals surface area contributed by atoms with Crippen molar-refractivity contribution < 1.29 is 14.6 Å². The third-order valence-corrected chi connectivity index (χ3v) is 3.20. The summed E-state index contributed by atoms with van der Waals surface area (Å²) in [5.41, 5.74) is 0.382. The molecule has 18 heavy (non-hydrogen) atoms. The molecule has 0 aliphatic heterocycles. The van der Waals surface area contributed by atoms with Crippen molar-refractivity contribution in [2.24, 2.45) is 0 Å². The number of thioether (sulfide) groups is 1. The van der Waals surface area contributed by atoms with Crippen molar-refractivity contribution in [2.75, 3.05) is 5.75 Å². The molecule has 100 valence electrons. The van der Waals surface area contributed by atoms with E-state index in [9.17, 15) is 9.90 Å². The molecule has 4 heteroatoms. The fraction of sp³-hybridized carbons (Fsp3) is 0.500. The van der Waals surface area contributed by atoms with Crippen LogP contribution in [0.5, 0.6) is 0 Å². The lowest BCUT2D eigenvalue weighted by Crippen LogP contribution is -2.24. The normalized spacial score (nSPS) is 13.2. The van der Waals surface area contributed by atoms with E-state index >= 15 is 0 Å². The standard InChI is InChI=1S/C14H20O3S/c1-10(15)11-7-5-6-8-12(11)18-9-13(16)17-14(2,3)4/h5-8,10,15H,9H2,1-4H3/t10-/m0/s1. The molecular formula is C14H20O3S. The second-order valence-electron chi connectivity index (χ2n) is 5.09. The molecule has 1 aromatic rings. The molecule has 0 saturated carbocycles. The van der Waals surface area contributed by atoms with E-state index in [4.69, 9.17) is 4.74 Å². The largest absolute Gasteiger partial charge is 0.459 e. The maximum absolute atomic E-state index is 11.6. The highest BCUT2D eigenvalue weighted by molar-refractivity contribution is 8.00. The third kappa shape index (κ3) is 5.10. The molecule has 1 N–H and O–H groups in total. The van der Waals surface area contributed by atoms with Crippen molar-refractivity contribution in [3.8, 4) is 0 Å². The summed E-state index contributed by atoms with van der Waals surface area (Å²) in [6.45, 7) is 7.25. The minimum Gasteiger partial charge on any atom is -0.459 e. The maximum Gasteiger partial charge on any atom is 0.316 e. The summed E-state index contributed by atoms with van der Waals surface area (Å²) >= 11 is 1.39. The third-order valence-electron chi connectivity index (χ3n) is 2.13. The van der Waals surface area contributed by atoms with Gasteiger partial charge in [-0.1, -0.05) is 18.2 Å². The van der Waals surface area contributed by atoms with Crippen molar-refractivity contribution in [1.29, 1.82) is 0 Å². The van der Waals surface area contributed by atoms with E-state index in [-0.39, 0.29) is 11.7 Å². The van der Waals surface area contributed by atoms with Gasteiger partial charge in [-0.15, -0.1) is 11.8 Å². The zero-order chi connectivity index (χ0) is 13.8. The van der Waals surface area contributed by atoms with Crippen LogP contribution in [0, 0.1) is 0 Å². The van der Waals surface area contributed by atoms with Crippen molar-refractivity contribution in [1.82, 2.24) is 0 Å². The fourth-order valence-electron chi connectivity index (χ4n) is 1.46. The van der Waals surface area contributed by atoms with Crippen molar-refractivity contribution >= 4 is 17.7 Å². The number of hydrogen-bond acceptors (Lipinski definition) is 4. The first-order chi connectivity index (χ1) is 8.29. The average molecular weight is 268 g/mol. The van der Waals surface area contributed by atoms with Crippen LogP contribution in [0.4, 0.5) is 0 Å². The number of carbonyl (C=O) groups is 1. The molecule has 0 spiro atoms. The summed E-state index contributed by atoms with van der Waals surface area (Å²) in [5.74, 6) is 0.00831. The molecule has 3 nitrogen and oxygen atoms in total. The summed E-state index contributed by atoms with van der Waals surface area (Å²) in [6.07, 6.45) is -0.535. The lowest BCUT2D eigenvalue weighted by molar-refractivity contribution is -0.151. The number of aliphatic hydroxyl groups is 1. The smallest absolute Gasteiger partial charge is 0.316 e. The number of ether oxygens (including phenoxy) is 1. The molecular weight excluding hydrogens is 248 g/mol. The Kier molecular flexibility index (Phi) is 5.23. The first-order valence-corrected chi connectivity index (χ1v) is 6.90. The molecule has 0 amide bonds. The average Bonchev–Trinajstić information content (AvgIpc) is 2.24. The zero-order valence-corrected chi connectivity index (χ0v) is 12.1. The van der Waals surface area contributed by atoms with Gasteiger partial charge in [0.25, 0.3) is 0 Å². The van der Waals surface area contributed by atoms with Gasteiger partial charge in [0.1, 0.15) is 5.60 Å². The van der Waals surface area contributed by atoms with E-state index in [0.29, 0.717) is 0 Å². The molecule has 1 rings (SSSR count). The summed E-state index contributed by atoms with van der Waals surface area (Å²) in [6, 6.07) is 7.53. The predicted molar refractivity (Wildman–Crippen MR) is 73.6 cm³/mol. The van der Waals surface area contributed by atoms with Gasteiger partial charge in [0.15, 0.2) is 0 Å². The summed E-state index contributed by atoms with van der Waals surface area (Å²) in [7, 11) is 0. The first-order valence-electron chi connectivity index (χ1n) is 5.91. The molecule has 0 aromatic heterocycles. The minimum absolute atomic E-state index is 0.243. The number of benzene rings is 1. The number of hydrogen-bond donors (Lipinski definition) is 1. The number of carbonyl (C=O) groups excluding carboxylic acids is 1. The Balaban J connectivity index is 2.61. The van der Waals surface area contributed by atoms with Crippen molar-refractivity contribution in [2.45, 2.75) is 44.3 Å². The van der Waals surface area contributed by atoms with Crippen LogP contribution in [-0.2, 0) is 9.53 Å². The minimum atomic E-state index is -0.535. The Morgan fingerprint density at radius 3 is 2.56 bits per heavy atom. The Hall–Kier alpha value is -1.00. The molecule has 0 bridgehead atoms. The quantitative estimate of drug-likeness (QED) is 0.673. The zero-order valence-electron chi connectivity index (χ0n) is 11.3. The molecule has 0 aliphatic rings. The van der Waals surface area contributed by atoms with Gasteiger partial charge in [-0.2, -0.15) is 0 Å². The summed E-state index contributed by atoms with van der Waals surface area (Å²) in [4.78, 5) is 12.5. The molecule has 0 aliphatic carbocycles. The van der Waals surface area contributed by atoms with Gasteiger partial charge in [0, 0.05) is 4.90 Å². The second kappa shape index (κ2) is 6.25. The Bertz CT molecular complexity index is 408. The van der Waals surface area contributed by atoms with Crippen molar-refractivity contribution in [3.63, 3.8) is 0 Å². The molecule has 0 radical (unpaired) electrons. The molecule has 1 aromatic carbocycles. The van der Waals surface area contributed by atoms with Gasteiger partial charge in [0.2, 0.25) is 0 Å². The Labute approximate surface area is 113 Å². The molecule has 0 saturated heterocycles. The monoisotopic (exact) mass is 268 g/mol. The van der Waals surface area contributed by atoms with E-state index in [0.717, 1.165) is 10.5 Å². The van der Waals surface area contributed by atoms with Crippen LogP contribution in [0.2, 0.25) is 0 Å². The topological polar surface area (TPSA) is 46.5 Å².